The number of urea groups is 1. The van der Waals surface area contributed by atoms with Gasteiger partial charge in [-0.05, 0) is 36.4 Å². The van der Waals surface area contributed by atoms with Crippen molar-refractivity contribution in [1.82, 2.24) is 0 Å². The van der Waals surface area contributed by atoms with E-state index < -0.39 is 11.8 Å². The van der Waals surface area contributed by atoms with Crippen LogP contribution in [-0.2, 0) is 0 Å². The van der Waals surface area contributed by atoms with E-state index in [4.69, 9.17) is 34.8 Å². The second-order valence-electron chi connectivity index (χ2n) is 3.83. The number of anilines is 2. The minimum Gasteiger partial charge on any atom is -0.308 e. The summed E-state index contributed by atoms with van der Waals surface area (Å²) in [6.07, 6.45) is 0. The molecule has 0 saturated carbocycles. The molecule has 0 aliphatic rings. The Morgan fingerprint density at radius 1 is 0.950 bits per heavy atom. The minimum absolute atomic E-state index is 0.0766. The highest BCUT2D eigenvalue weighted by Crippen LogP contribution is 2.25. The van der Waals surface area contributed by atoms with Crippen molar-refractivity contribution in [2.75, 3.05) is 10.6 Å². The molecule has 3 nitrogen and oxygen atoms in total. The number of carbonyl (C=O) groups is 1. The maximum atomic E-state index is 13.0. The fourth-order valence-electron chi connectivity index (χ4n) is 1.45. The smallest absolute Gasteiger partial charge is 0.308 e. The predicted octanol–water partition coefficient (Wildman–Crippen LogP) is 5.43. The maximum Gasteiger partial charge on any atom is 0.323 e. The standard InChI is InChI=1S/C13H8Cl3FN2O/c14-7-1-4-12(10(16)5-7)19-13(20)18-8-2-3-11(17)9(15)6-8/h1-6H,(H2,18,19,20). The molecule has 2 aromatic rings. The summed E-state index contributed by atoms with van der Waals surface area (Å²) < 4.78 is 13.0. The molecule has 0 saturated heterocycles. The lowest BCUT2D eigenvalue weighted by molar-refractivity contribution is 0.262. The van der Waals surface area contributed by atoms with E-state index in [9.17, 15) is 9.18 Å². The molecule has 2 amide bonds. The van der Waals surface area contributed by atoms with Crippen LogP contribution in [0.2, 0.25) is 15.1 Å². The second-order valence-corrected chi connectivity index (χ2v) is 5.08. The number of benzene rings is 2. The summed E-state index contributed by atoms with van der Waals surface area (Å²) >= 11 is 17.3. The zero-order chi connectivity index (χ0) is 14.7. The fourth-order valence-corrected chi connectivity index (χ4v) is 2.09. The van der Waals surface area contributed by atoms with Crippen LogP contribution >= 0.6 is 34.8 Å². The molecule has 0 atom stereocenters. The number of nitrogens with one attached hydrogen (secondary N) is 2. The third kappa shape index (κ3) is 3.76. The van der Waals surface area contributed by atoms with E-state index in [1.165, 1.54) is 18.2 Å². The van der Waals surface area contributed by atoms with E-state index in [0.717, 1.165) is 6.07 Å². The highest BCUT2D eigenvalue weighted by molar-refractivity contribution is 6.36. The summed E-state index contributed by atoms with van der Waals surface area (Å²) in [5.41, 5.74) is 0.765. The Hall–Kier alpha value is -1.49. The normalized spacial score (nSPS) is 10.2. The molecular formula is C13H8Cl3FN2O. The van der Waals surface area contributed by atoms with Gasteiger partial charge < -0.3 is 10.6 Å². The van der Waals surface area contributed by atoms with Crippen molar-refractivity contribution in [2.24, 2.45) is 0 Å². The van der Waals surface area contributed by atoms with Gasteiger partial charge in [0.1, 0.15) is 5.82 Å². The first kappa shape index (κ1) is 14.9. The second kappa shape index (κ2) is 6.31. The van der Waals surface area contributed by atoms with Crippen molar-refractivity contribution in [3.63, 3.8) is 0 Å². The van der Waals surface area contributed by atoms with E-state index in [2.05, 4.69) is 10.6 Å². The Labute approximate surface area is 129 Å². The van der Waals surface area contributed by atoms with Crippen LogP contribution in [0.25, 0.3) is 0 Å². The molecule has 0 heterocycles. The number of halogens is 4. The van der Waals surface area contributed by atoms with Crippen LogP contribution in [0.15, 0.2) is 36.4 Å². The molecule has 2 rings (SSSR count). The van der Waals surface area contributed by atoms with E-state index >= 15 is 0 Å². The zero-order valence-corrected chi connectivity index (χ0v) is 12.2. The quantitative estimate of drug-likeness (QED) is 0.756. The van der Waals surface area contributed by atoms with E-state index in [-0.39, 0.29) is 5.02 Å². The van der Waals surface area contributed by atoms with Gasteiger partial charge in [0.15, 0.2) is 0 Å². The van der Waals surface area contributed by atoms with Gasteiger partial charge in [0.2, 0.25) is 0 Å². The van der Waals surface area contributed by atoms with Gasteiger partial charge in [-0.1, -0.05) is 34.8 Å². The number of carbonyl (C=O) groups excluding carboxylic acids is 1. The van der Waals surface area contributed by atoms with Crippen LogP contribution < -0.4 is 10.6 Å². The van der Waals surface area contributed by atoms with Gasteiger partial charge >= 0.3 is 6.03 Å². The van der Waals surface area contributed by atoms with Gasteiger partial charge in [-0.15, -0.1) is 0 Å². The molecule has 7 heteroatoms. The first-order valence-electron chi connectivity index (χ1n) is 5.44. The molecule has 0 aromatic heterocycles. The van der Waals surface area contributed by atoms with Gasteiger partial charge in [0.05, 0.1) is 15.7 Å². The first-order valence-corrected chi connectivity index (χ1v) is 6.57. The average molecular weight is 334 g/mol. The zero-order valence-electron chi connectivity index (χ0n) is 9.88. The molecule has 0 aliphatic carbocycles. The van der Waals surface area contributed by atoms with Gasteiger partial charge in [0.25, 0.3) is 0 Å². The lowest BCUT2D eigenvalue weighted by atomic mass is 10.3. The molecule has 20 heavy (non-hydrogen) atoms. The molecule has 0 spiro atoms. The van der Waals surface area contributed by atoms with Crippen LogP contribution in [0, 0.1) is 5.82 Å². The van der Waals surface area contributed by atoms with E-state index in [0.29, 0.717) is 21.4 Å². The Kier molecular flexibility index (Phi) is 4.70. The predicted molar refractivity (Wildman–Crippen MR) is 80.5 cm³/mol. The highest BCUT2D eigenvalue weighted by atomic mass is 35.5. The number of rotatable bonds is 2. The van der Waals surface area contributed by atoms with Crippen molar-refractivity contribution >= 4 is 52.2 Å². The number of hydrogen-bond donors (Lipinski definition) is 2. The molecule has 0 aliphatic heterocycles. The molecule has 2 N–H and O–H groups in total. The number of hydrogen-bond acceptors (Lipinski definition) is 1. The molecule has 0 fully saturated rings. The Bertz CT molecular complexity index is 664. The van der Waals surface area contributed by atoms with Crippen LogP contribution in [0.1, 0.15) is 0 Å². The maximum absolute atomic E-state index is 13.0. The third-order valence-corrected chi connectivity index (χ3v) is 3.19. The van der Waals surface area contributed by atoms with Crippen LogP contribution in [0.3, 0.4) is 0 Å². The van der Waals surface area contributed by atoms with Crippen LogP contribution in [0.5, 0.6) is 0 Å². The summed E-state index contributed by atoms with van der Waals surface area (Å²) in [5.74, 6) is -0.557. The van der Waals surface area contributed by atoms with Gasteiger partial charge in [-0.2, -0.15) is 0 Å². The summed E-state index contributed by atoms with van der Waals surface area (Å²) in [4.78, 5) is 11.8. The molecule has 0 bridgehead atoms. The molecule has 0 unspecified atom stereocenters. The van der Waals surface area contributed by atoms with Crippen molar-refractivity contribution in [1.29, 1.82) is 0 Å². The fraction of sp³-hybridized carbons (Fsp3) is 0. The first-order chi connectivity index (χ1) is 9.45. The van der Waals surface area contributed by atoms with Crippen molar-refractivity contribution < 1.29 is 9.18 Å². The van der Waals surface area contributed by atoms with Crippen LogP contribution in [-0.4, -0.2) is 6.03 Å². The van der Waals surface area contributed by atoms with Crippen molar-refractivity contribution in [2.45, 2.75) is 0 Å². The van der Waals surface area contributed by atoms with E-state index in [1.807, 2.05) is 0 Å². The Morgan fingerprint density at radius 2 is 1.70 bits per heavy atom. The largest absolute Gasteiger partial charge is 0.323 e. The average Bonchev–Trinajstić information content (AvgIpc) is 2.37. The van der Waals surface area contributed by atoms with Gasteiger partial charge in [0, 0.05) is 10.7 Å². The Morgan fingerprint density at radius 3 is 2.35 bits per heavy atom. The summed E-state index contributed by atoms with van der Waals surface area (Å²) in [5, 5.41) is 5.75. The molecule has 2 aromatic carbocycles. The number of amides is 2. The van der Waals surface area contributed by atoms with Crippen molar-refractivity contribution in [3.8, 4) is 0 Å². The van der Waals surface area contributed by atoms with Crippen LogP contribution in [0.4, 0.5) is 20.6 Å². The summed E-state index contributed by atoms with van der Waals surface area (Å²) in [6, 6.07) is 8.00. The summed E-state index contributed by atoms with van der Waals surface area (Å²) in [6.45, 7) is 0. The summed E-state index contributed by atoms with van der Waals surface area (Å²) in [7, 11) is 0. The van der Waals surface area contributed by atoms with Crippen molar-refractivity contribution in [3.05, 3.63) is 57.3 Å². The minimum atomic E-state index is -0.557. The van der Waals surface area contributed by atoms with Gasteiger partial charge in [-0.25, -0.2) is 9.18 Å². The molecular weight excluding hydrogens is 326 g/mol. The molecule has 104 valence electrons. The lowest BCUT2D eigenvalue weighted by Crippen LogP contribution is -2.19. The third-order valence-electron chi connectivity index (χ3n) is 2.36. The molecule has 0 radical (unpaired) electrons. The SMILES string of the molecule is O=C(Nc1ccc(F)c(Cl)c1)Nc1ccc(Cl)cc1Cl. The van der Waals surface area contributed by atoms with E-state index in [1.54, 1.807) is 12.1 Å². The lowest BCUT2D eigenvalue weighted by Gasteiger charge is -2.09. The highest BCUT2D eigenvalue weighted by Gasteiger charge is 2.08. The topological polar surface area (TPSA) is 41.1 Å². The Balaban J connectivity index is 2.07. The monoisotopic (exact) mass is 332 g/mol. The van der Waals surface area contributed by atoms with Gasteiger partial charge in [-0.3, -0.25) is 0 Å².